The van der Waals surface area contributed by atoms with Crippen molar-refractivity contribution in [2.75, 3.05) is 19.7 Å². The lowest BCUT2D eigenvalue weighted by Gasteiger charge is -2.21. The quantitative estimate of drug-likeness (QED) is 0.839. The lowest BCUT2D eigenvalue weighted by atomic mass is 10.3. The van der Waals surface area contributed by atoms with E-state index in [9.17, 15) is 18.0 Å². The molecule has 3 nitrogen and oxygen atoms in total. The first-order valence-corrected chi connectivity index (χ1v) is 5.98. The van der Waals surface area contributed by atoms with Crippen LogP contribution in [0.25, 0.3) is 6.08 Å². The molecule has 0 spiro atoms. The first kappa shape index (κ1) is 14.7. The number of hydrogen-bond acceptors (Lipinski definition) is 3. The van der Waals surface area contributed by atoms with Crippen molar-refractivity contribution in [2.24, 2.45) is 0 Å². The number of halogens is 3. The zero-order chi connectivity index (χ0) is 13.6. The summed E-state index contributed by atoms with van der Waals surface area (Å²) in [4.78, 5) is 12.9. The van der Waals surface area contributed by atoms with Crippen molar-refractivity contribution in [3.8, 4) is 0 Å². The number of hydrogen-bond donors (Lipinski definition) is 1. The molecule has 1 N–H and O–H groups in total. The van der Waals surface area contributed by atoms with Gasteiger partial charge in [-0.3, -0.25) is 4.79 Å². The minimum atomic E-state index is -4.47. The predicted molar refractivity (Wildman–Crippen MR) is 63.1 cm³/mol. The van der Waals surface area contributed by atoms with Gasteiger partial charge in [-0.2, -0.15) is 13.2 Å². The van der Waals surface area contributed by atoms with Crippen molar-refractivity contribution in [3.05, 3.63) is 28.5 Å². The summed E-state index contributed by atoms with van der Waals surface area (Å²) in [5, 5.41) is 10.4. The number of nitrogens with zero attached hydrogens (tertiary/aromatic N) is 1. The molecule has 1 aromatic rings. The van der Waals surface area contributed by atoms with Crippen LogP contribution in [0, 0.1) is 0 Å². The van der Waals surface area contributed by atoms with Gasteiger partial charge in [0.1, 0.15) is 6.54 Å². The van der Waals surface area contributed by atoms with Crippen molar-refractivity contribution in [3.63, 3.8) is 0 Å². The standard InChI is InChI=1S/C11H12F3NO2S/c12-11(13,14)8-15(5-6-16)10(17)4-3-9-2-1-7-18-9/h1-4,7,16H,5-6,8H2/b4-3+. The van der Waals surface area contributed by atoms with Crippen LogP contribution < -0.4 is 0 Å². The van der Waals surface area contributed by atoms with E-state index in [1.807, 2.05) is 0 Å². The number of carbonyl (C=O) groups is 1. The lowest BCUT2D eigenvalue weighted by molar-refractivity contribution is -0.158. The van der Waals surface area contributed by atoms with Crippen molar-refractivity contribution in [2.45, 2.75) is 6.18 Å². The Bertz CT molecular complexity index is 401. The fourth-order valence-electron chi connectivity index (χ4n) is 1.25. The van der Waals surface area contributed by atoms with Gasteiger partial charge in [0.05, 0.1) is 6.61 Å². The smallest absolute Gasteiger partial charge is 0.395 e. The van der Waals surface area contributed by atoms with Gasteiger partial charge in [0.25, 0.3) is 0 Å². The van der Waals surface area contributed by atoms with E-state index < -0.39 is 25.2 Å². The molecule has 1 rings (SSSR count). The van der Waals surface area contributed by atoms with Gasteiger partial charge in [0.15, 0.2) is 0 Å². The lowest BCUT2D eigenvalue weighted by Crippen LogP contribution is -2.39. The van der Waals surface area contributed by atoms with Gasteiger partial charge >= 0.3 is 6.18 Å². The molecular formula is C11H12F3NO2S. The molecule has 0 atom stereocenters. The number of aliphatic hydroxyl groups is 1. The summed E-state index contributed by atoms with van der Waals surface area (Å²) in [7, 11) is 0. The van der Waals surface area contributed by atoms with E-state index >= 15 is 0 Å². The van der Waals surface area contributed by atoms with E-state index in [2.05, 4.69) is 0 Å². The van der Waals surface area contributed by atoms with E-state index in [4.69, 9.17) is 5.11 Å². The second-order valence-electron chi connectivity index (χ2n) is 3.45. The van der Waals surface area contributed by atoms with Crippen molar-refractivity contribution in [1.82, 2.24) is 4.90 Å². The molecule has 0 aromatic carbocycles. The summed E-state index contributed by atoms with van der Waals surface area (Å²) in [6.07, 6.45) is -1.94. The van der Waals surface area contributed by atoms with Crippen molar-refractivity contribution < 1.29 is 23.1 Å². The zero-order valence-electron chi connectivity index (χ0n) is 9.35. The Labute approximate surface area is 106 Å². The van der Waals surface area contributed by atoms with E-state index in [0.29, 0.717) is 4.90 Å². The molecule has 1 amide bonds. The number of amides is 1. The first-order valence-electron chi connectivity index (χ1n) is 5.10. The molecule has 0 saturated heterocycles. The fourth-order valence-corrected chi connectivity index (χ4v) is 1.87. The third-order valence-corrected chi connectivity index (χ3v) is 2.82. The van der Waals surface area contributed by atoms with E-state index in [1.165, 1.54) is 17.4 Å². The molecule has 18 heavy (non-hydrogen) atoms. The topological polar surface area (TPSA) is 40.5 Å². The Morgan fingerprint density at radius 2 is 2.22 bits per heavy atom. The number of aliphatic hydroxyl groups excluding tert-OH is 1. The van der Waals surface area contributed by atoms with Gasteiger partial charge < -0.3 is 10.0 Å². The van der Waals surface area contributed by atoms with E-state index in [-0.39, 0.29) is 6.54 Å². The summed E-state index contributed by atoms with van der Waals surface area (Å²) < 4.78 is 36.6. The molecule has 0 radical (unpaired) electrons. The van der Waals surface area contributed by atoms with Gasteiger partial charge in [0.2, 0.25) is 5.91 Å². The van der Waals surface area contributed by atoms with Crippen LogP contribution in [0.15, 0.2) is 23.6 Å². The Hall–Kier alpha value is -1.34. The van der Waals surface area contributed by atoms with Crippen LogP contribution >= 0.6 is 11.3 Å². The maximum Gasteiger partial charge on any atom is 0.406 e. The molecule has 0 aliphatic heterocycles. The molecule has 7 heteroatoms. The SMILES string of the molecule is O=C(/C=C/c1cccs1)N(CCO)CC(F)(F)F. The van der Waals surface area contributed by atoms with E-state index in [0.717, 1.165) is 11.0 Å². The Balaban J connectivity index is 2.65. The van der Waals surface area contributed by atoms with Crippen LogP contribution in [0.5, 0.6) is 0 Å². The number of alkyl halides is 3. The summed E-state index contributed by atoms with van der Waals surface area (Å²) >= 11 is 1.37. The van der Waals surface area contributed by atoms with Crippen LogP contribution in [0.3, 0.4) is 0 Å². The molecule has 0 aliphatic rings. The Morgan fingerprint density at radius 3 is 2.72 bits per heavy atom. The zero-order valence-corrected chi connectivity index (χ0v) is 10.2. The van der Waals surface area contributed by atoms with Crippen molar-refractivity contribution in [1.29, 1.82) is 0 Å². The van der Waals surface area contributed by atoms with Crippen LogP contribution in [0.2, 0.25) is 0 Å². The fraction of sp³-hybridized carbons (Fsp3) is 0.364. The molecule has 100 valence electrons. The maximum atomic E-state index is 12.2. The van der Waals surface area contributed by atoms with Crippen LogP contribution in [-0.2, 0) is 4.79 Å². The summed E-state index contributed by atoms with van der Waals surface area (Å²) in [6.45, 7) is -2.21. The highest BCUT2D eigenvalue weighted by Crippen LogP contribution is 2.17. The van der Waals surface area contributed by atoms with Crippen LogP contribution in [0.1, 0.15) is 4.88 Å². The van der Waals surface area contributed by atoms with Gasteiger partial charge in [0, 0.05) is 17.5 Å². The number of rotatable bonds is 5. The highest BCUT2D eigenvalue weighted by Gasteiger charge is 2.32. The number of thiophene rings is 1. The monoisotopic (exact) mass is 279 g/mol. The molecular weight excluding hydrogens is 267 g/mol. The highest BCUT2D eigenvalue weighted by atomic mass is 32.1. The minimum Gasteiger partial charge on any atom is -0.395 e. The van der Waals surface area contributed by atoms with Gasteiger partial charge in [-0.1, -0.05) is 6.07 Å². The second kappa shape index (κ2) is 6.55. The summed E-state index contributed by atoms with van der Waals surface area (Å²) in [6, 6.07) is 3.52. The second-order valence-corrected chi connectivity index (χ2v) is 4.43. The Kier molecular flexibility index (Phi) is 5.36. The largest absolute Gasteiger partial charge is 0.406 e. The number of carbonyl (C=O) groups excluding carboxylic acids is 1. The first-order chi connectivity index (χ1) is 8.42. The van der Waals surface area contributed by atoms with Gasteiger partial charge in [-0.25, -0.2) is 0 Å². The molecule has 0 saturated carbocycles. The van der Waals surface area contributed by atoms with E-state index in [1.54, 1.807) is 17.5 Å². The molecule has 1 heterocycles. The predicted octanol–water partition coefficient (Wildman–Crippen LogP) is 2.14. The summed E-state index contributed by atoms with van der Waals surface area (Å²) in [5.74, 6) is -0.769. The molecule has 0 aliphatic carbocycles. The molecule has 1 aromatic heterocycles. The average molecular weight is 279 g/mol. The van der Waals surface area contributed by atoms with Crippen LogP contribution in [-0.4, -0.2) is 41.8 Å². The molecule has 0 bridgehead atoms. The van der Waals surface area contributed by atoms with Crippen LogP contribution in [0.4, 0.5) is 13.2 Å². The molecule has 0 fully saturated rings. The minimum absolute atomic E-state index is 0.340. The third kappa shape index (κ3) is 5.33. The van der Waals surface area contributed by atoms with Gasteiger partial charge in [-0.15, -0.1) is 11.3 Å². The molecule has 0 unspecified atom stereocenters. The van der Waals surface area contributed by atoms with Gasteiger partial charge in [-0.05, 0) is 17.5 Å². The Morgan fingerprint density at radius 1 is 1.50 bits per heavy atom. The van der Waals surface area contributed by atoms with Crippen molar-refractivity contribution >= 4 is 23.3 Å². The highest BCUT2D eigenvalue weighted by molar-refractivity contribution is 7.10. The summed E-state index contributed by atoms with van der Waals surface area (Å²) in [5.41, 5.74) is 0. The average Bonchev–Trinajstić information content (AvgIpc) is 2.76. The third-order valence-electron chi connectivity index (χ3n) is 1.99. The maximum absolute atomic E-state index is 12.2. The normalized spacial score (nSPS) is 12.0.